The Morgan fingerprint density at radius 2 is 1.76 bits per heavy atom. The van der Waals surface area contributed by atoms with Crippen molar-refractivity contribution in [2.75, 3.05) is 13.1 Å². The molecule has 0 saturated carbocycles. The standard InChI is InChI=1S/C25H30N4O3S/c1-19-12-20(2)16-29(15-19)33(31,32)24-5-3-4-23(13-24)25(30)27-14-21-6-8-22(9-7-21)17-28-11-10-26-18-28/h3-11,13,18-20H,12,14-17H2,1-2H3,(H,27,30). The lowest BCUT2D eigenvalue weighted by Crippen LogP contribution is -2.42. The highest BCUT2D eigenvalue weighted by molar-refractivity contribution is 7.89. The van der Waals surface area contributed by atoms with Crippen LogP contribution in [0.1, 0.15) is 41.8 Å². The second kappa shape index (κ2) is 9.89. The third-order valence-corrected chi connectivity index (χ3v) is 7.80. The topological polar surface area (TPSA) is 84.3 Å². The smallest absolute Gasteiger partial charge is 0.251 e. The van der Waals surface area contributed by atoms with E-state index < -0.39 is 10.0 Å². The van der Waals surface area contributed by atoms with Crippen molar-refractivity contribution in [3.8, 4) is 0 Å². The quantitative estimate of drug-likeness (QED) is 0.577. The van der Waals surface area contributed by atoms with Gasteiger partial charge in [-0.1, -0.05) is 44.2 Å². The summed E-state index contributed by atoms with van der Waals surface area (Å²) >= 11 is 0. The van der Waals surface area contributed by atoms with Crippen LogP contribution < -0.4 is 5.32 Å². The molecule has 0 bridgehead atoms. The van der Waals surface area contributed by atoms with Crippen LogP contribution in [0.2, 0.25) is 0 Å². The number of rotatable bonds is 7. The summed E-state index contributed by atoms with van der Waals surface area (Å²) in [5.41, 5.74) is 2.45. The Balaban J connectivity index is 1.39. The van der Waals surface area contributed by atoms with Gasteiger partial charge in [-0.25, -0.2) is 13.4 Å². The summed E-state index contributed by atoms with van der Waals surface area (Å²) in [6.45, 7) is 6.28. The van der Waals surface area contributed by atoms with Gasteiger partial charge in [-0.2, -0.15) is 4.31 Å². The molecule has 1 amide bonds. The van der Waals surface area contributed by atoms with Crippen LogP contribution in [0, 0.1) is 11.8 Å². The van der Waals surface area contributed by atoms with Crippen molar-refractivity contribution in [1.82, 2.24) is 19.2 Å². The molecular formula is C25H30N4O3S. The highest BCUT2D eigenvalue weighted by Gasteiger charge is 2.31. The lowest BCUT2D eigenvalue weighted by molar-refractivity contribution is 0.0950. The van der Waals surface area contributed by atoms with Crippen molar-refractivity contribution in [3.63, 3.8) is 0 Å². The number of hydrogen-bond donors (Lipinski definition) is 1. The zero-order valence-corrected chi connectivity index (χ0v) is 19.8. The minimum absolute atomic E-state index is 0.167. The van der Waals surface area contributed by atoms with Crippen molar-refractivity contribution < 1.29 is 13.2 Å². The zero-order chi connectivity index (χ0) is 23.4. The second-order valence-electron chi connectivity index (χ2n) is 9.03. The Kier molecular flexibility index (Phi) is 6.95. The largest absolute Gasteiger partial charge is 0.348 e. The molecule has 1 aliphatic heterocycles. The van der Waals surface area contributed by atoms with E-state index in [1.807, 2.05) is 35.0 Å². The maximum absolute atomic E-state index is 13.2. The van der Waals surface area contributed by atoms with Crippen molar-refractivity contribution in [1.29, 1.82) is 0 Å². The number of piperidine rings is 1. The first-order valence-corrected chi connectivity index (χ1v) is 12.7. The van der Waals surface area contributed by atoms with Crippen LogP contribution in [0.3, 0.4) is 0 Å². The summed E-state index contributed by atoms with van der Waals surface area (Å²) in [5.74, 6) is 0.345. The predicted molar refractivity (Wildman–Crippen MR) is 127 cm³/mol. The van der Waals surface area contributed by atoms with E-state index in [0.29, 0.717) is 37.0 Å². The molecule has 4 rings (SSSR count). The summed E-state index contributed by atoms with van der Waals surface area (Å²) in [5, 5.41) is 2.89. The van der Waals surface area contributed by atoms with E-state index in [0.717, 1.165) is 24.1 Å². The molecule has 1 N–H and O–H groups in total. The highest BCUT2D eigenvalue weighted by atomic mass is 32.2. The average molecular weight is 467 g/mol. The van der Waals surface area contributed by atoms with Gasteiger partial charge in [-0.05, 0) is 47.6 Å². The Morgan fingerprint density at radius 3 is 2.42 bits per heavy atom. The number of imidazole rings is 1. The third-order valence-electron chi connectivity index (χ3n) is 5.97. The fraction of sp³-hybridized carbons (Fsp3) is 0.360. The van der Waals surface area contributed by atoms with Gasteiger partial charge in [0, 0.05) is 44.1 Å². The molecular weight excluding hydrogens is 436 g/mol. The molecule has 174 valence electrons. The second-order valence-corrected chi connectivity index (χ2v) is 11.0. The maximum atomic E-state index is 13.2. The van der Waals surface area contributed by atoms with Crippen LogP contribution in [0.5, 0.6) is 0 Å². The van der Waals surface area contributed by atoms with Crippen LogP contribution in [-0.4, -0.2) is 41.3 Å². The van der Waals surface area contributed by atoms with E-state index in [1.54, 1.807) is 35.0 Å². The Morgan fingerprint density at radius 1 is 1.06 bits per heavy atom. The number of nitrogens with zero attached hydrogens (tertiary/aromatic N) is 3. The van der Waals surface area contributed by atoms with Crippen LogP contribution >= 0.6 is 0 Å². The van der Waals surface area contributed by atoms with Gasteiger partial charge in [0.25, 0.3) is 5.91 Å². The molecule has 8 heteroatoms. The van der Waals surface area contributed by atoms with Gasteiger partial charge in [0.1, 0.15) is 0 Å². The molecule has 1 fully saturated rings. The van der Waals surface area contributed by atoms with E-state index in [2.05, 4.69) is 24.1 Å². The van der Waals surface area contributed by atoms with Crippen molar-refractivity contribution in [3.05, 3.63) is 83.9 Å². The molecule has 1 saturated heterocycles. The van der Waals surface area contributed by atoms with E-state index >= 15 is 0 Å². The monoisotopic (exact) mass is 466 g/mol. The van der Waals surface area contributed by atoms with E-state index in [4.69, 9.17) is 0 Å². The normalized spacial score (nSPS) is 19.3. The van der Waals surface area contributed by atoms with Gasteiger partial charge in [0.2, 0.25) is 10.0 Å². The number of carbonyl (C=O) groups excluding carboxylic acids is 1. The molecule has 0 radical (unpaired) electrons. The molecule has 3 aromatic rings. The summed E-state index contributed by atoms with van der Waals surface area (Å²) in [6, 6.07) is 14.3. The predicted octanol–water partition coefficient (Wildman–Crippen LogP) is 3.53. The molecule has 7 nitrogen and oxygen atoms in total. The first-order valence-electron chi connectivity index (χ1n) is 11.2. The Hall–Kier alpha value is -2.97. The van der Waals surface area contributed by atoms with Gasteiger partial charge in [0.05, 0.1) is 11.2 Å². The van der Waals surface area contributed by atoms with Gasteiger partial charge in [-0.3, -0.25) is 4.79 Å². The number of benzene rings is 2. The Bertz CT molecular complexity index is 1180. The number of hydrogen-bond acceptors (Lipinski definition) is 4. The fourth-order valence-corrected chi connectivity index (χ4v) is 6.11. The first-order chi connectivity index (χ1) is 15.8. The van der Waals surface area contributed by atoms with Gasteiger partial charge in [0.15, 0.2) is 0 Å². The first kappa shape index (κ1) is 23.2. The van der Waals surface area contributed by atoms with Gasteiger partial charge < -0.3 is 9.88 Å². The van der Waals surface area contributed by atoms with Crippen molar-refractivity contribution in [2.24, 2.45) is 11.8 Å². The number of sulfonamides is 1. The van der Waals surface area contributed by atoms with E-state index in [9.17, 15) is 13.2 Å². The minimum Gasteiger partial charge on any atom is -0.348 e. The highest BCUT2D eigenvalue weighted by Crippen LogP contribution is 2.27. The van der Waals surface area contributed by atoms with Crippen molar-refractivity contribution >= 4 is 15.9 Å². The molecule has 33 heavy (non-hydrogen) atoms. The molecule has 2 unspecified atom stereocenters. The molecule has 2 atom stereocenters. The maximum Gasteiger partial charge on any atom is 0.251 e. The average Bonchev–Trinajstić information content (AvgIpc) is 3.31. The fourth-order valence-electron chi connectivity index (χ4n) is 4.39. The number of nitrogens with one attached hydrogen (secondary N) is 1. The lowest BCUT2D eigenvalue weighted by atomic mass is 9.94. The third kappa shape index (κ3) is 5.69. The van der Waals surface area contributed by atoms with E-state index in [-0.39, 0.29) is 10.8 Å². The Labute approximate surface area is 195 Å². The lowest BCUT2D eigenvalue weighted by Gasteiger charge is -2.34. The van der Waals surface area contributed by atoms with Crippen LogP contribution in [0.25, 0.3) is 0 Å². The SMILES string of the molecule is CC1CC(C)CN(S(=O)(=O)c2cccc(C(=O)NCc3ccc(Cn4ccnc4)cc3)c2)C1. The van der Waals surface area contributed by atoms with Gasteiger partial charge in [-0.15, -0.1) is 0 Å². The van der Waals surface area contributed by atoms with Crippen LogP contribution in [0.4, 0.5) is 0 Å². The summed E-state index contributed by atoms with van der Waals surface area (Å²) in [6.07, 6.45) is 6.46. The number of amides is 1. The van der Waals surface area contributed by atoms with Crippen LogP contribution in [0.15, 0.2) is 72.1 Å². The number of carbonyl (C=O) groups is 1. The summed E-state index contributed by atoms with van der Waals surface area (Å²) in [7, 11) is -3.63. The molecule has 0 spiro atoms. The molecule has 1 aromatic heterocycles. The summed E-state index contributed by atoms with van der Waals surface area (Å²) < 4.78 is 29.9. The van der Waals surface area contributed by atoms with Crippen molar-refractivity contribution in [2.45, 2.75) is 38.3 Å². The molecule has 2 heterocycles. The molecule has 0 aliphatic carbocycles. The number of aromatic nitrogens is 2. The summed E-state index contributed by atoms with van der Waals surface area (Å²) in [4.78, 5) is 16.9. The molecule has 1 aliphatic rings. The van der Waals surface area contributed by atoms with E-state index in [1.165, 1.54) is 6.07 Å². The zero-order valence-electron chi connectivity index (χ0n) is 19.0. The molecule has 2 aromatic carbocycles. The minimum atomic E-state index is -3.63. The van der Waals surface area contributed by atoms with Gasteiger partial charge >= 0.3 is 0 Å². The van der Waals surface area contributed by atoms with Crippen LogP contribution in [-0.2, 0) is 23.1 Å².